The van der Waals surface area contributed by atoms with E-state index in [9.17, 15) is 9.18 Å². The predicted octanol–water partition coefficient (Wildman–Crippen LogP) is 3.49. The van der Waals surface area contributed by atoms with Gasteiger partial charge in [-0.05, 0) is 43.5 Å². The molecule has 0 amide bonds. The summed E-state index contributed by atoms with van der Waals surface area (Å²) in [7, 11) is 0. The smallest absolute Gasteiger partial charge is 0.275 e. The Morgan fingerprint density at radius 2 is 1.96 bits per heavy atom. The fourth-order valence-corrected chi connectivity index (χ4v) is 4.13. The van der Waals surface area contributed by atoms with Crippen molar-refractivity contribution in [3.8, 4) is 5.69 Å². The molecule has 4 aromatic rings. The first kappa shape index (κ1) is 15.4. The zero-order valence-corrected chi connectivity index (χ0v) is 14.5. The number of nitrogens with one attached hydrogen (secondary N) is 1. The first-order valence-corrected chi connectivity index (χ1v) is 9.20. The molecule has 3 aromatic heterocycles. The van der Waals surface area contributed by atoms with Crippen molar-refractivity contribution in [1.82, 2.24) is 19.5 Å². The minimum absolute atomic E-state index is 0.195. The van der Waals surface area contributed by atoms with Crippen LogP contribution in [0.25, 0.3) is 26.1 Å². The first-order valence-electron chi connectivity index (χ1n) is 8.38. The average Bonchev–Trinajstić information content (AvgIpc) is 3.00. The number of rotatable bonds is 3. The molecular formula is C18H14FN5OS. The van der Waals surface area contributed by atoms with Gasteiger partial charge in [-0.3, -0.25) is 9.36 Å². The van der Waals surface area contributed by atoms with E-state index in [1.165, 1.54) is 47.1 Å². The molecule has 130 valence electrons. The molecule has 0 saturated heterocycles. The van der Waals surface area contributed by atoms with E-state index in [0.717, 1.165) is 28.9 Å². The second-order valence-electron chi connectivity index (χ2n) is 6.35. The lowest BCUT2D eigenvalue weighted by atomic mass is 9.93. The van der Waals surface area contributed by atoms with Crippen molar-refractivity contribution in [2.45, 2.75) is 25.3 Å². The summed E-state index contributed by atoms with van der Waals surface area (Å²) in [6.07, 6.45) is 6.45. The molecule has 0 aliphatic heterocycles. The zero-order valence-electron chi connectivity index (χ0n) is 13.6. The minimum atomic E-state index is -0.348. The summed E-state index contributed by atoms with van der Waals surface area (Å²) < 4.78 is 15.1. The molecule has 0 radical (unpaired) electrons. The molecule has 0 atom stereocenters. The third-order valence-electron chi connectivity index (χ3n) is 4.73. The van der Waals surface area contributed by atoms with Gasteiger partial charge in [0.05, 0.1) is 11.1 Å². The lowest BCUT2D eigenvalue weighted by Crippen LogP contribution is -2.27. The van der Waals surface area contributed by atoms with E-state index < -0.39 is 0 Å². The highest BCUT2D eigenvalue weighted by atomic mass is 32.1. The SMILES string of the molecule is O=c1c2sc3ncnc(NC4CCC4)c3c2ncn1-c1ccc(F)cc1. The Morgan fingerprint density at radius 1 is 1.15 bits per heavy atom. The number of aromatic nitrogens is 4. The minimum Gasteiger partial charge on any atom is -0.367 e. The Kier molecular flexibility index (Phi) is 3.46. The third-order valence-corrected chi connectivity index (χ3v) is 5.80. The van der Waals surface area contributed by atoms with Crippen LogP contribution in [0.15, 0.2) is 41.7 Å². The van der Waals surface area contributed by atoms with Crippen molar-refractivity contribution in [1.29, 1.82) is 0 Å². The molecule has 8 heteroatoms. The van der Waals surface area contributed by atoms with Crippen LogP contribution in [0.2, 0.25) is 0 Å². The van der Waals surface area contributed by atoms with Crippen molar-refractivity contribution in [3.05, 3.63) is 53.1 Å². The fraction of sp³-hybridized carbons (Fsp3) is 0.222. The van der Waals surface area contributed by atoms with Crippen LogP contribution >= 0.6 is 11.3 Å². The van der Waals surface area contributed by atoms with Gasteiger partial charge in [-0.2, -0.15) is 0 Å². The van der Waals surface area contributed by atoms with Crippen LogP contribution in [0.1, 0.15) is 19.3 Å². The van der Waals surface area contributed by atoms with Gasteiger partial charge in [0, 0.05) is 6.04 Å². The van der Waals surface area contributed by atoms with Crippen LogP contribution in [0, 0.1) is 5.82 Å². The van der Waals surface area contributed by atoms with E-state index in [0.29, 0.717) is 21.9 Å². The summed E-state index contributed by atoms with van der Waals surface area (Å²) in [5, 5.41) is 4.23. The topological polar surface area (TPSA) is 72.7 Å². The Bertz CT molecular complexity index is 1180. The average molecular weight is 367 g/mol. The quantitative estimate of drug-likeness (QED) is 0.600. The number of benzene rings is 1. The highest BCUT2D eigenvalue weighted by Gasteiger charge is 2.21. The fourth-order valence-electron chi connectivity index (χ4n) is 3.11. The van der Waals surface area contributed by atoms with Gasteiger partial charge in [0.15, 0.2) is 0 Å². The maximum atomic E-state index is 13.2. The molecule has 3 heterocycles. The monoisotopic (exact) mass is 367 g/mol. The van der Waals surface area contributed by atoms with Crippen molar-refractivity contribution < 1.29 is 4.39 Å². The number of fused-ring (bicyclic) bond motifs is 3. The molecule has 0 bridgehead atoms. The lowest BCUT2D eigenvalue weighted by molar-refractivity contribution is 0.445. The van der Waals surface area contributed by atoms with Gasteiger partial charge < -0.3 is 5.32 Å². The largest absolute Gasteiger partial charge is 0.367 e. The maximum Gasteiger partial charge on any atom is 0.275 e. The number of thiophene rings is 1. The van der Waals surface area contributed by atoms with Gasteiger partial charge in [0.1, 0.15) is 39.3 Å². The third kappa shape index (κ3) is 2.37. The Labute approximate surface area is 151 Å². The van der Waals surface area contributed by atoms with Crippen LogP contribution in [-0.4, -0.2) is 25.6 Å². The number of anilines is 1. The maximum absolute atomic E-state index is 13.2. The van der Waals surface area contributed by atoms with Crippen LogP contribution in [0.3, 0.4) is 0 Å². The molecule has 1 N–H and O–H groups in total. The molecule has 1 aliphatic rings. The molecule has 1 saturated carbocycles. The molecular weight excluding hydrogens is 353 g/mol. The van der Waals surface area contributed by atoms with E-state index in [1.807, 2.05) is 0 Å². The summed E-state index contributed by atoms with van der Waals surface area (Å²) in [5.74, 6) is 0.386. The first-order chi connectivity index (χ1) is 12.7. The summed E-state index contributed by atoms with van der Waals surface area (Å²) in [6.45, 7) is 0. The number of halogens is 1. The van der Waals surface area contributed by atoms with Gasteiger partial charge in [-0.25, -0.2) is 19.3 Å². The second-order valence-corrected chi connectivity index (χ2v) is 7.35. The van der Waals surface area contributed by atoms with Gasteiger partial charge >= 0.3 is 0 Å². The summed E-state index contributed by atoms with van der Waals surface area (Å²) >= 11 is 1.31. The van der Waals surface area contributed by atoms with Crippen LogP contribution in [0.5, 0.6) is 0 Å². The lowest BCUT2D eigenvalue weighted by Gasteiger charge is -2.27. The number of nitrogens with zero attached hydrogens (tertiary/aromatic N) is 4. The number of hydrogen-bond acceptors (Lipinski definition) is 6. The summed E-state index contributed by atoms with van der Waals surface area (Å²) in [5.41, 5.74) is 0.983. The zero-order chi connectivity index (χ0) is 17.7. The molecule has 5 rings (SSSR count). The van der Waals surface area contributed by atoms with Crippen LogP contribution in [-0.2, 0) is 0 Å². The van der Waals surface area contributed by atoms with Crippen LogP contribution in [0.4, 0.5) is 10.2 Å². The predicted molar refractivity (Wildman–Crippen MR) is 99.5 cm³/mol. The van der Waals surface area contributed by atoms with Gasteiger partial charge in [0.2, 0.25) is 0 Å². The molecule has 1 aromatic carbocycles. The van der Waals surface area contributed by atoms with Crippen molar-refractivity contribution >= 4 is 37.6 Å². The number of hydrogen-bond donors (Lipinski definition) is 1. The highest BCUT2D eigenvalue weighted by Crippen LogP contribution is 2.34. The Hall–Kier alpha value is -2.87. The normalized spacial score (nSPS) is 14.7. The van der Waals surface area contributed by atoms with Crippen LogP contribution < -0.4 is 10.9 Å². The Balaban J connectivity index is 1.70. The van der Waals surface area contributed by atoms with E-state index in [2.05, 4.69) is 20.3 Å². The summed E-state index contributed by atoms with van der Waals surface area (Å²) in [6, 6.07) is 6.18. The van der Waals surface area contributed by atoms with Crippen molar-refractivity contribution in [2.24, 2.45) is 0 Å². The standard InChI is InChI=1S/C18H14FN5OS/c19-10-4-6-12(7-5-10)24-9-22-14-13-16(23-11-2-1-3-11)20-8-21-17(13)26-15(14)18(24)25/h4-9,11H,1-3H2,(H,20,21,23). The molecule has 1 fully saturated rings. The van der Waals surface area contributed by atoms with E-state index in [-0.39, 0.29) is 11.4 Å². The van der Waals surface area contributed by atoms with E-state index in [4.69, 9.17) is 0 Å². The molecule has 26 heavy (non-hydrogen) atoms. The second kappa shape index (κ2) is 5.84. The van der Waals surface area contributed by atoms with E-state index >= 15 is 0 Å². The van der Waals surface area contributed by atoms with Gasteiger partial charge in [0.25, 0.3) is 5.56 Å². The van der Waals surface area contributed by atoms with Gasteiger partial charge in [-0.15, -0.1) is 11.3 Å². The summed E-state index contributed by atoms with van der Waals surface area (Å²) in [4.78, 5) is 26.9. The van der Waals surface area contributed by atoms with Gasteiger partial charge in [-0.1, -0.05) is 0 Å². The molecule has 1 aliphatic carbocycles. The molecule has 6 nitrogen and oxygen atoms in total. The Morgan fingerprint density at radius 3 is 2.69 bits per heavy atom. The molecule has 0 unspecified atom stereocenters. The van der Waals surface area contributed by atoms with Crippen molar-refractivity contribution in [2.75, 3.05) is 5.32 Å². The van der Waals surface area contributed by atoms with E-state index in [1.54, 1.807) is 12.1 Å². The highest BCUT2D eigenvalue weighted by molar-refractivity contribution is 7.25. The van der Waals surface area contributed by atoms with Crippen molar-refractivity contribution in [3.63, 3.8) is 0 Å². The molecule has 0 spiro atoms.